The number of hydrogen-bond acceptors (Lipinski definition) is 10. The molecule has 4 heterocycles. The van der Waals surface area contributed by atoms with Crippen molar-refractivity contribution in [3.8, 4) is 10.4 Å². The number of benzene rings is 1. The predicted molar refractivity (Wildman–Crippen MR) is 172 cm³/mol. The molecule has 244 valence electrons. The van der Waals surface area contributed by atoms with Crippen LogP contribution in [0.2, 0.25) is 0 Å². The first-order valence-corrected chi connectivity index (χ1v) is 16.6. The fraction of sp³-hybridized carbons (Fsp3) is 0.576. The molecule has 2 saturated heterocycles. The second-order valence-corrected chi connectivity index (χ2v) is 13.3. The van der Waals surface area contributed by atoms with Gasteiger partial charge < -0.3 is 34.2 Å². The van der Waals surface area contributed by atoms with Gasteiger partial charge in [0.1, 0.15) is 12.0 Å². The van der Waals surface area contributed by atoms with Crippen LogP contribution in [0.15, 0.2) is 40.4 Å². The minimum absolute atomic E-state index is 0.0894. The van der Waals surface area contributed by atoms with Crippen LogP contribution < -0.4 is 10.2 Å². The Morgan fingerprint density at radius 1 is 1.11 bits per heavy atom. The number of aryl methyl sites for hydroxylation is 1. The zero-order valence-corrected chi connectivity index (χ0v) is 27.8. The maximum Gasteiger partial charge on any atom is 0.243 e. The molecule has 0 spiro atoms. The fourth-order valence-corrected chi connectivity index (χ4v) is 7.38. The minimum Gasteiger partial charge on any atom is -0.391 e. The molecule has 0 saturated carbocycles. The molecule has 2 amide bonds. The van der Waals surface area contributed by atoms with E-state index in [2.05, 4.69) is 20.4 Å². The molecular formula is C33H45N5O6S. The summed E-state index contributed by atoms with van der Waals surface area (Å²) in [7, 11) is 3.32. The highest BCUT2D eigenvalue weighted by Gasteiger charge is 2.43. The molecule has 2 aliphatic rings. The van der Waals surface area contributed by atoms with Gasteiger partial charge >= 0.3 is 0 Å². The third-order valence-corrected chi connectivity index (χ3v) is 10.1. The normalized spacial score (nSPS) is 20.6. The highest BCUT2D eigenvalue weighted by Crippen LogP contribution is 2.34. The predicted octanol–water partition coefficient (Wildman–Crippen LogP) is 4.52. The van der Waals surface area contributed by atoms with Gasteiger partial charge in [-0.15, -0.1) is 11.3 Å². The van der Waals surface area contributed by atoms with Gasteiger partial charge in [-0.25, -0.2) is 4.98 Å². The number of ether oxygens (including phenoxy) is 2. The molecule has 2 N–H and O–H groups in total. The summed E-state index contributed by atoms with van der Waals surface area (Å²) in [6.45, 7) is 9.44. The number of nitrogens with one attached hydrogen (secondary N) is 1. The smallest absolute Gasteiger partial charge is 0.243 e. The molecule has 0 radical (unpaired) electrons. The van der Waals surface area contributed by atoms with E-state index in [0.29, 0.717) is 17.5 Å². The SMILES string of the molecule is COC(OC)C1CCN(c2cc(C(C(=O)N3C[C@H](O)C[C@H]3C(=O)N[C@@H](C)c3ccc(-c4scnc4C)cc3)C(C)C)on2)CC1. The number of likely N-dealkylation sites (tertiary alicyclic amines) is 1. The summed E-state index contributed by atoms with van der Waals surface area (Å²) in [5.74, 6) is 0.155. The molecule has 12 heteroatoms. The fourth-order valence-electron chi connectivity index (χ4n) is 6.57. The number of aliphatic hydroxyl groups excluding tert-OH is 1. The largest absolute Gasteiger partial charge is 0.391 e. The summed E-state index contributed by atoms with van der Waals surface area (Å²) in [5.41, 5.74) is 4.85. The molecule has 1 unspecified atom stereocenters. The van der Waals surface area contributed by atoms with E-state index in [1.165, 1.54) is 4.90 Å². The summed E-state index contributed by atoms with van der Waals surface area (Å²) >= 11 is 1.60. The number of aliphatic hydroxyl groups is 1. The van der Waals surface area contributed by atoms with Crippen molar-refractivity contribution in [3.63, 3.8) is 0 Å². The van der Waals surface area contributed by atoms with Crippen LogP contribution in [0, 0.1) is 18.8 Å². The molecule has 2 aromatic heterocycles. The maximum absolute atomic E-state index is 14.1. The van der Waals surface area contributed by atoms with Gasteiger partial charge in [0.2, 0.25) is 11.8 Å². The third kappa shape index (κ3) is 7.24. The zero-order valence-electron chi connectivity index (χ0n) is 26.9. The first-order valence-electron chi connectivity index (χ1n) is 15.7. The number of rotatable bonds is 11. The van der Waals surface area contributed by atoms with Crippen LogP contribution in [-0.4, -0.2) is 84.3 Å². The van der Waals surface area contributed by atoms with Gasteiger partial charge in [0.25, 0.3) is 0 Å². The van der Waals surface area contributed by atoms with E-state index in [-0.39, 0.29) is 43.0 Å². The van der Waals surface area contributed by atoms with Crippen LogP contribution in [0.25, 0.3) is 10.4 Å². The average molecular weight is 640 g/mol. The number of piperidine rings is 1. The number of anilines is 1. The van der Waals surface area contributed by atoms with E-state index >= 15 is 0 Å². The molecule has 4 atom stereocenters. The van der Waals surface area contributed by atoms with Gasteiger partial charge in [0.05, 0.1) is 28.2 Å². The zero-order chi connectivity index (χ0) is 32.2. The number of thiazole rings is 1. The number of amides is 2. The summed E-state index contributed by atoms with van der Waals surface area (Å²) < 4.78 is 16.7. The lowest BCUT2D eigenvalue weighted by atomic mass is 9.91. The molecule has 5 rings (SSSR count). The Hall–Kier alpha value is -3.32. The van der Waals surface area contributed by atoms with Gasteiger partial charge in [-0.1, -0.05) is 43.3 Å². The van der Waals surface area contributed by atoms with E-state index in [9.17, 15) is 14.7 Å². The number of hydrogen-bond donors (Lipinski definition) is 2. The van der Waals surface area contributed by atoms with Crippen molar-refractivity contribution < 1.29 is 28.7 Å². The first-order chi connectivity index (χ1) is 21.6. The van der Waals surface area contributed by atoms with Crippen LogP contribution in [-0.2, 0) is 19.1 Å². The lowest BCUT2D eigenvalue weighted by Crippen LogP contribution is -2.48. The van der Waals surface area contributed by atoms with E-state index in [4.69, 9.17) is 14.0 Å². The molecule has 45 heavy (non-hydrogen) atoms. The van der Waals surface area contributed by atoms with Crippen LogP contribution in [0.3, 0.4) is 0 Å². The number of β-amino-alcohol motifs (C(OH)–C–C–N with tert-alkyl or cyclic N) is 1. The molecule has 11 nitrogen and oxygen atoms in total. The minimum atomic E-state index is -0.788. The number of aromatic nitrogens is 2. The number of methoxy groups -OCH3 is 2. The van der Waals surface area contributed by atoms with Crippen molar-refractivity contribution in [2.75, 3.05) is 38.8 Å². The van der Waals surface area contributed by atoms with E-state index < -0.39 is 18.1 Å². The van der Waals surface area contributed by atoms with Crippen LogP contribution >= 0.6 is 11.3 Å². The number of nitrogens with zero attached hydrogens (tertiary/aromatic N) is 4. The second-order valence-electron chi connectivity index (χ2n) is 12.5. The van der Waals surface area contributed by atoms with Crippen molar-refractivity contribution in [2.24, 2.45) is 11.8 Å². The molecule has 2 aliphatic heterocycles. The van der Waals surface area contributed by atoms with Crippen LogP contribution in [0.5, 0.6) is 0 Å². The Kier molecular flexibility index (Phi) is 10.6. The highest BCUT2D eigenvalue weighted by atomic mass is 32.1. The summed E-state index contributed by atoms with van der Waals surface area (Å²) in [4.78, 5) is 36.7. The van der Waals surface area contributed by atoms with Crippen LogP contribution in [0.4, 0.5) is 5.82 Å². The van der Waals surface area contributed by atoms with Crippen molar-refractivity contribution >= 4 is 29.0 Å². The van der Waals surface area contributed by atoms with Crippen LogP contribution in [0.1, 0.15) is 69.0 Å². The Bertz CT molecular complexity index is 1430. The molecule has 0 aliphatic carbocycles. The Balaban J connectivity index is 1.25. The summed E-state index contributed by atoms with van der Waals surface area (Å²) in [6, 6.07) is 8.83. The topological polar surface area (TPSA) is 130 Å². The van der Waals surface area contributed by atoms with Gasteiger partial charge in [0, 0.05) is 52.3 Å². The molecule has 1 aromatic carbocycles. The number of carbonyl (C=O) groups excluding carboxylic acids is 2. The van der Waals surface area contributed by atoms with Crippen molar-refractivity contribution in [3.05, 3.63) is 52.9 Å². The molecule has 2 fully saturated rings. The highest BCUT2D eigenvalue weighted by molar-refractivity contribution is 7.13. The van der Waals surface area contributed by atoms with Crippen molar-refractivity contribution in [2.45, 2.75) is 77.4 Å². The van der Waals surface area contributed by atoms with E-state index in [1.807, 2.05) is 63.5 Å². The molecular weight excluding hydrogens is 594 g/mol. The Morgan fingerprint density at radius 2 is 1.80 bits per heavy atom. The maximum atomic E-state index is 14.1. The van der Waals surface area contributed by atoms with Gasteiger partial charge in [0.15, 0.2) is 17.9 Å². The average Bonchev–Trinajstić information content (AvgIpc) is 3.78. The van der Waals surface area contributed by atoms with Crippen molar-refractivity contribution in [1.82, 2.24) is 20.4 Å². The molecule has 3 aromatic rings. The third-order valence-electron chi connectivity index (χ3n) is 9.11. The van der Waals surface area contributed by atoms with Crippen molar-refractivity contribution in [1.29, 1.82) is 0 Å². The van der Waals surface area contributed by atoms with Gasteiger partial charge in [-0.05, 0) is 43.7 Å². The van der Waals surface area contributed by atoms with E-state index in [1.54, 1.807) is 25.6 Å². The Morgan fingerprint density at radius 3 is 2.40 bits per heavy atom. The monoisotopic (exact) mass is 639 g/mol. The first kappa shape index (κ1) is 33.1. The number of carbonyl (C=O) groups is 2. The van der Waals surface area contributed by atoms with Gasteiger partial charge in [-0.3, -0.25) is 9.59 Å². The van der Waals surface area contributed by atoms with Gasteiger partial charge in [-0.2, -0.15) is 0 Å². The molecule has 0 bridgehead atoms. The Labute approximate surface area is 268 Å². The summed E-state index contributed by atoms with van der Waals surface area (Å²) in [6.07, 6.45) is 0.935. The van der Waals surface area contributed by atoms with E-state index in [0.717, 1.165) is 47.6 Å². The summed E-state index contributed by atoms with van der Waals surface area (Å²) in [5, 5.41) is 18.0. The standard InChI is InChI=1S/C33H45N5O6S/c1-19(2)29(27-16-28(36-44-27)37-13-11-24(12-14-37)33(42-5)43-6)32(41)38-17-25(39)15-26(38)31(40)35-20(3)22-7-9-23(10-8-22)30-21(4)34-18-45-30/h7-10,16,18-20,24-26,29,33,39H,11-15,17H2,1-6H3,(H,35,40)/t20-,25+,26-,29?/m0/s1. The second kappa shape index (κ2) is 14.4. The lowest BCUT2D eigenvalue weighted by Gasteiger charge is -2.34. The quantitative estimate of drug-likeness (QED) is 0.291. The lowest BCUT2D eigenvalue weighted by molar-refractivity contribution is -0.141.